The van der Waals surface area contributed by atoms with Gasteiger partial charge in [0.1, 0.15) is 5.71 Å². The highest BCUT2D eigenvalue weighted by Crippen LogP contribution is 2.17. The van der Waals surface area contributed by atoms with Gasteiger partial charge in [0.15, 0.2) is 0 Å². The summed E-state index contributed by atoms with van der Waals surface area (Å²) in [5.74, 6) is -0.958. The van der Waals surface area contributed by atoms with Gasteiger partial charge in [0.05, 0.1) is 0 Å². The van der Waals surface area contributed by atoms with Crippen molar-refractivity contribution in [2.75, 3.05) is 0 Å². The molecule has 4 nitrogen and oxygen atoms in total. The molecule has 0 heterocycles. The average Bonchev–Trinajstić information content (AvgIpc) is 2.51. The first-order chi connectivity index (χ1) is 5.70. The second kappa shape index (κ2) is 4.09. The van der Waals surface area contributed by atoms with E-state index >= 15 is 0 Å². The third-order valence-electron chi connectivity index (χ3n) is 2.08. The molecule has 0 aromatic carbocycles. The third kappa shape index (κ3) is 2.53. The fourth-order valence-electron chi connectivity index (χ4n) is 1.29. The maximum Gasteiger partial charge on any atom is 0.351 e. The number of rotatable bonds is 3. The fraction of sp³-hybridized carbons (Fsp3) is 0.750. The smallest absolute Gasteiger partial charge is 0.351 e. The van der Waals surface area contributed by atoms with Crippen LogP contribution in [0.4, 0.5) is 0 Å². The molecule has 0 spiro atoms. The second-order valence-electron chi connectivity index (χ2n) is 3.11. The van der Waals surface area contributed by atoms with Gasteiger partial charge in [0.25, 0.3) is 0 Å². The summed E-state index contributed by atoms with van der Waals surface area (Å²) >= 11 is 0. The van der Waals surface area contributed by atoms with Gasteiger partial charge < -0.3 is 10.5 Å². The van der Waals surface area contributed by atoms with Gasteiger partial charge in [0.2, 0.25) is 0 Å². The maximum atomic E-state index is 10.3. The lowest BCUT2D eigenvalue weighted by molar-refractivity contribution is -0.129. The summed E-state index contributed by atoms with van der Waals surface area (Å²) in [5, 5.41) is 12.3. The van der Waals surface area contributed by atoms with Crippen molar-refractivity contribution in [2.45, 2.75) is 38.6 Å². The van der Waals surface area contributed by atoms with Gasteiger partial charge in [-0.15, -0.1) is 0 Å². The van der Waals surface area contributed by atoms with Crippen LogP contribution in [0.25, 0.3) is 0 Å². The zero-order valence-electron chi connectivity index (χ0n) is 7.21. The molecule has 0 saturated heterocycles. The van der Waals surface area contributed by atoms with E-state index in [0.717, 1.165) is 12.8 Å². The third-order valence-corrected chi connectivity index (χ3v) is 2.08. The molecule has 0 unspecified atom stereocenters. The minimum Gasteiger partial charge on any atom is -0.477 e. The van der Waals surface area contributed by atoms with Crippen LogP contribution >= 0.6 is 0 Å². The van der Waals surface area contributed by atoms with Crippen LogP contribution in [0.15, 0.2) is 5.10 Å². The van der Waals surface area contributed by atoms with Crippen LogP contribution in [0, 0.1) is 0 Å². The predicted molar refractivity (Wildman–Crippen MR) is 46.1 cm³/mol. The van der Waals surface area contributed by atoms with E-state index in [4.69, 9.17) is 5.11 Å². The molecular formula is C8H14N2O2. The van der Waals surface area contributed by atoms with Crippen molar-refractivity contribution < 1.29 is 9.90 Å². The SMILES string of the molecule is C/C(=N\NC1CCCC1)C(=O)O. The van der Waals surface area contributed by atoms with Crippen molar-refractivity contribution in [3.8, 4) is 0 Å². The van der Waals surface area contributed by atoms with Crippen LogP contribution in [-0.4, -0.2) is 22.8 Å². The summed E-state index contributed by atoms with van der Waals surface area (Å²) < 4.78 is 0. The summed E-state index contributed by atoms with van der Waals surface area (Å²) in [6.07, 6.45) is 4.66. The number of nitrogens with one attached hydrogen (secondary N) is 1. The Balaban J connectivity index is 2.31. The fourth-order valence-corrected chi connectivity index (χ4v) is 1.29. The van der Waals surface area contributed by atoms with Crippen molar-refractivity contribution in [2.24, 2.45) is 5.10 Å². The van der Waals surface area contributed by atoms with E-state index in [1.54, 1.807) is 0 Å². The molecule has 2 N–H and O–H groups in total. The van der Waals surface area contributed by atoms with Crippen molar-refractivity contribution in [3.05, 3.63) is 0 Å². The highest BCUT2D eigenvalue weighted by molar-refractivity contribution is 6.34. The molecule has 0 amide bonds. The van der Waals surface area contributed by atoms with Crippen LogP contribution in [-0.2, 0) is 4.79 Å². The van der Waals surface area contributed by atoms with E-state index < -0.39 is 5.97 Å². The Labute approximate surface area is 71.7 Å². The molecule has 0 radical (unpaired) electrons. The Morgan fingerprint density at radius 1 is 1.50 bits per heavy atom. The van der Waals surface area contributed by atoms with Gasteiger partial charge in [0, 0.05) is 6.04 Å². The molecule has 1 aliphatic rings. The molecule has 1 fully saturated rings. The first-order valence-electron chi connectivity index (χ1n) is 4.23. The van der Waals surface area contributed by atoms with Gasteiger partial charge in [-0.05, 0) is 19.8 Å². The minimum atomic E-state index is -0.958. The van der Waals surface area contributed by atoms with Gasteiger partial charge >= 0.3 is 5.97 Å². The molecule has 0 atom stereocenters. The van der Waals surface area contributed by atoms with Crippen LogP contribution in [0.3, 0.4) is 0 Å². The molecule has 1 saturated carbocycles. The number of hydrazone groups is 1. The Bertz CT molecular complexity index is 195. The summed E-state index contributed by atoms with van der Waals surface area (Å²) in [5.41, 5.74) is 3.00. The Hall–Kier alpha value is -1.06. The topological polar surface area (TPSA) is 61.7 Å². The Kier molecular flexibility index (Phi) is 3.08. The maximum absolute atomic E-state index is 10.3. The van der Waals surface area contributed by atoms with Crippen LogP contribution in [0.5, 0.6) is 0 Å². The molecule has 0 aliphatic heterocycles. The molecule has 4 heteroatoms. The predicted octanol–water partition coefficient (Wildman–Crippen LogP) is 0.979. The van der Waals surface area contributed by atoms with E-state index in [2.05, 4.69) is 10.5 Å². The van der Waals surface area contributed by atoms with E-state index in [1.807, 2.05) is 0 Å². The summed E-state index contributed by atoms with van der Waals surface area (Å²) in [6.45, 7) is 1.49. The number of hydrogen-bond donors (Lipinski definition) is 2. The number of carboxylic acids is 1. The summed E-state index contributed by atoms with van der Waals surface area (Å²) in [4.78, 5) is 10.3. The molecule has 0 aromatic rings. The van der Waals surface area contributed by atoms with Crippen LogP contribution in [0.2, 0.25) is 0 Å². The van der Waals surface area contributed by atoms with Gasteiger partial charge in [-0.25, -0.2) is 4.79 Å². The molecule has 1 rings (SSSR count). The lowest BCUT2D eigenvalue weighted by Crippen LogP contribution is -2.23. The van der Waals surface area contributed by atoms with E-state index in [9.17, 15) is 4.79 Å². The summed E-state index contributed by atoms with van der Waals surface area (Å²) in [7, 11) is 0. The molecule has 1 aliphatic carbocycles. The molecule has 68 valence electrons. The largest absolute Gasteiger partial charge is 0.477 e. The monoisotopic (exact) mass is 170 g/mol. The highest BCUT2D eigenvalue weighted by atomic mass is 16.4. The number of aliphatic carboxylic acids is 1. The Morgan fingerprint density at radius 2 is 2.08 bits per heavy atom. The number of carboxylic acid groups (broad SMARTS) is 1. The first-order valence-corrected chi connectivity index (χ1v) is 4.23. The summed E-state index contributed by atoms with van der Waals surface area (Å²) in [6, 6.07) is 0.388. The van der Waals surface area contributed by atoms with E-state index in [0.29, 0.717) is 6.04 Å². The average molecular weight is 170 g/mol. The molecule has 0 bridgehead atoms. The second-order valence-corrected chi connectivity index (χ2v) is 3.11. The Morgan fingerprint density at radius 3 is 2.58 bits per heavy atom. The zero-order chi connectivity index (χ0) is 8.97. The highest BCUT2D eigenvalue weighted by Gasteiger charge is 2.13. The van der Waals surface area contributed by atoms with Crippen molar-refractivity contribution >= 4 is 11.7 Å². The van der Waals surface area contributed by atoms with Crippen molar-refractivity contribution in [1.82, 2.24) is 5.43 Å². The normalized spacial score (nSPS) is 19.6. The van der Waals surface area contributed by atoms with Gasteiger partial charge in [-0.3, -0.25) is 0 Å². The number of nitrogens with zero attached hydrogens (tertiary/aromatic N) is 1. The lowest BCUT2D eigenvalue weighted by atomic mass is 10.3. The number of hydrogen-bond acceptors (Lipinski definition) is 3. The van der Waals surface area contributed by atoms with E-state index in [-0.39, 0.29) is 5.71 Å². The first kappa shape index (κ1) is 9.03. The van der Waals surface area contributed by atoms with Gasteiger partial charge in [-0.2, -0.15) is 5.10 Å². The lowest BCUT2D eigenvalue weighted by Gasteiger charge is -2.07. The van der Waals surface area contributed by atoms with Gasteiger partial charge in [-0.1, -0.05) is 12.8 Å². The molecule has 12 heavy (non-hydrogen) atoms. The van der Waals surface area contributed by atoms with E-state index in [1.165, 1.54) is 19.8 Å². The van der Waals surface area contributed by atoms with Crippen LogP contribution in [0.1, 0.15) is 32.6 Å². The van der Waals surface area contributed by atoms with Crippen molar-refractivity contribution in [3.63, 3.8) is 0 Å². The molecule has 0 aromatic heterocycles. The zero-order valence-corrected chi connectivity index (χ0v) is 7.21. The molecular weight excluding hydrogens is 156 g/mol. The van der Waals surface area contributed by atoms with Crippen molar-refractivity contribution in [1.29, 1.82) is 0 Å². The number of carbonyl (C=O) groups is 1. The standard InChI is InChI=1S/C8H14N2O2/c1-6(8(11)12)9-10-7-4-2-3-5-7/h7,10H,2-5H2,1H3,(H,11,12)/b9-6+. The quantitative estimate of drug-likeness (QED) is 0.490. The van der Waals surface area contributed by atoms with Crippen LogP contribution < -0.4 is 5.43 Å². The minimum absolute atomic E-state index is 0.127.